The molecule has 0 fully saturated rings. The standard InChI is InChI=1S/C8H13N3O2S/c1-6-8(11(12)13)7(2)10(9-6)4-3-5-14/h14H,3-5H2,1-2H3. The van der Waals surface area contributed by atoms with Crippen LogP contribution in [-0.4, -0.2) is 20.5 Å². The van der Waals surface area contributed by atoms with Gasteiger partial charge in [0.15, 0.2) is 0 Å². The maximum absolute atomic E-state index is 10.7. The molecule has 0 aromatic carbocycles. The van der Waals surface area contributed by atoms with Gasteiger partial charge in [0.05, 0.1) is 4.92 Å². The van der Waals surface area contributed by atoms with Gasteiger partial charge in [-0.15, -0.1) is 0 Å². The Kier molecular flexibility index (Phi) is 3.51. The molecule has 0 aliphatic carbocycles. The molecule has 0 radical (unpaired) electrons. The van der Waals surface area contributed by atoms with Crippen LogP contribution >= 0.6 is 12.6 Å². The minimum atomic E-state index is -0.380. The molecule has 5 nitrogen and oxygen atoms in total. The molecule has 0 saturated heterocycles. The summed E-state index contributed by atoms with van der Waals surface area (Å²) in [5.41, 5.74) is 1.23. The Hall–Kier alpha value is -1.04. The molecular weight excluding hydrogens is 202 g/mol. The summed E-state index contributed by atoms with van der Waals surface area (Å²) < 4.78 is 1.67. The van der Waals surface area contributed by atoms with E-state index in [0.717, 1.165) is 12.2 Å². The van der Waals surface area contributed by atoms with Gasteiger partial charge in [-0.25, -0.2) is 0 Å². The van der Waals surface area contributed by atoms with E-state index in [1.165, 1.54) is 0 Å². The zero-order chi connectivity index (χ0) is 10.7. The zero-order valence-corrected chi connectivity index (χ0v) is 9.12. The van der Waals surface area contributed by atoms with Crippen LogP contribution in [0.2, 0.25) is 0 Å². The van der Waals surface area contributed by atoms with E-state index in [-0.39, 0.29) is 10.6 Å². The van der Waals surface area contributed by atoms with E-state index in [9.17, 15) is 10.1 Å². The number of aryl methyl sites for hydroxylation is 2. The summed E-state index contributed by atoms with van der Waals surface area (Å²) in [6, 6.07) is 0. The molecule has 1 aromatic rings. The number of thiol groups is 1. The lowest BCUT2D eigenvalue weighted by Gasteiger charge is -2.00. The summed E-state index contributed by atoms with van der Waals surface area (Å²) in [6.07, 6.45) is 0.863. The molecule has 78 valence electrons. The first-order chi connectivity index (χ1) is 6.57. The molecule has 1 aromatic heterocycles. The van der Waals surface area contributed by atoms with Crippen LogP contribution in [0.1, 0.15) is 17.8 Å². The lowest BCUT2D eigenvalue weighted by atomic mass is 10.3. The van der Waals surface area contributed by atoms with Gasteiger partial charge in [-0.1, -0.05) is 0 Å². The van der Waals surface area contributed by atoms with Crippen molar-refractivity contribution in [2.75, 3.05) is 5.75 Å². The van der Waals surface area contributed by atoms with E-state index in [2.05, 4.69) is 17.7 Å². The Morgan fingerprint density at radius 2 is 2.21 bits per heavy atom. The van der Waals surface area contributed by atoms with Gasteiger partial charge in [0.2, 0.25) is 0 Å². The van der Waals surface area contributed by atoms with Crippen molar-refractivity contribution in [3.05, 3.63) is 21.5 Å². The zero-order valence-electron chi connectivity index (χ0n) is 8.23. The second-order valence-electron chi connectivity index (χ2n) is 3.08. The summed E-state index contributed by atoms with van der Waals surface area (Å²) in [6.45, 7) is 4.06. The van der Waals surface area contributed by atoms with Crippen molar-refractivity contribution >= 4 is 18.3 Å². The fourth-order valence-electron chi connectivity index (χ4n) is 1.39. The van der Waals surface area contributed by atoms with E-state index in [1.807, 2.05) is 0 Å². The molecule has 0 atom stereocenters. The topological polar surface area (TPSA) is 61.0 Å². The third-order valence-electron chi connectivity index (χ3n) is 2.05. The van der Waals surface area contributed by atoms with Crippen LogP contribution in [0.3, 0.4) is 0 Å². The number of nitrogens with zero attached hydrogens (tertiary/aromatic N) is 3. The van der Waals surface area contributed by atoms with Gasteiger partial charge >= 0.3 is 5.69 Å². The highest BCUT2D eigenvalue weighted by Crippen LogP contribution is 2.21. The van der Waals surface area contributed by atoms with Crippen molar-refractivity contribution in [3.8, 4) is 0 Å². The number of hydrogen-bond donors (Lipinski definition) is 1. The van der Waals surface area contributed by atoms with Gasteiger partial charge < -0.3 is 0 Å². The normalized spacial score (nSPS) is 10.5. The lowest BCUT2D eigenvalue weighted by molar-refractivity contribution is -0.386. The minimum absolute atomic E-state index is 0.129. The maximum Gasteiger partial charge on any atom is 0.312 e. The third-order valence-corrected chi connectivity index (χ3v) is 2.37. The second-order valence-corrected chi connectivity index (χ2v) is 3.52. The summed E-state index contributed by atoms with van der Waals surface area (Å²) in [7, 11) is 0. The predicted molar refractivity (Wildman–Crippen MR) is 56.8 cm³/mol. The van der Waals surface area contributed by atoms with Crippen LogP contribution in [0, 0.1) is 24.0 Å². The second kappa shape index (κ2) is 4.45. The molecule has 14 heavy (non-hydrogen) atoms. The summed E-state index contributed by atoms with van der Waals surface area (Å²) in [5, 5.41) is 14.8. The van der Waals surface area contributed by atoms with Gasteiger partial charge in [-0.3, -0.25) is 14.8 Å². The van der Waals surface area contributed by atoms with Gasteiger partial charge in [0.25, 0.3) is 0 Å². The van der Waals surface area contributed by atoms with Crippen molar-refractivity contribution < 1.29 is 4.92 Å². The molecule has 0 aliphatic heterocycles. The molecular formula is C8H13N3O2S. The van der Waals surface area contributed by atoms with Crippen LogP contribution < -0.4 is 0 Å². The predicted octanol–water partition coefficient (Wildman–Crippen LogP) is 1.73. The molecule has 1 rings (SSSR count). The van der Waals surface area contributed by atoms with Crippen molar-refractivity contribution in [1.29, 1.82) is 0 Å². The monoisotopic (exact) mass is 215 g/mol. The number of nitro groups is 1. The van der Waals surface area contributed by atoms with E-state index < -0.39 is 0 Å². The molecule has 0 unspecified atom stereocenters. The lowest BCUT2D eigenvalue weighted by Crippen LogP contribution is -2.03. The van der Waals surface area contributed by atoms with E-state index >= 15 is 0 Å². The van der Waals surface area contributed by atoms with Crippen LogP contribution in [-0.2, 0) is 6.54 Å². The van der Waals surface area contributed by atoms with Crippen molar-refractivity contribution in [2.24, 2.45) is 0 Å². The average Bonchev–Trinajstić information content (AvgIpc) is 2.38. The highest BCUT2D eigenvalue weighted by atomic mass is 32.1. The Morgan fingerprint density at radius 1 is 1.57 bits per heavy atom. The van der Waals surface area contributed by atoms with Crippen LogP contribution in [0.15, 0.2) is 0 Å². The molecule has 0 bridgehead atoms. The maximum atomic E-state index is 10.7. The third kappa shape index (κ3) is 2.06. The van der Waals surface area contributed by atoms with E-state index in [0.29, 0.717) is 17.9 Å². The van der Waals surface area contributed by atoms with Gasteiger partial charge in [0, 0.05) is 6.54 Å². The molecule has 0 aliphatic rings. The average molecular weight is 215 g/mol. The first-order valence-electron chi connectivity index (χ1n) is 4.37. The molecule has 0 amide bonds. The highest BCUT2D eigenvalue weighted by Gasteiger charge is 2.20. The minimum Gasteiger partial charge on any atom is -0.262 e. The largest absolute Gasteiger partial charge is 0.312 e. The van der Waals surface area contributed by atoms with Crippen molar-refractivity contribution in [2.45, 2.75) is 26.8 Å². The van der Waals surface area contributed by atoms with Crippen LogP contribution in [0.5, 0.6) is 0 Å². The number of rotatable bonds is 4. The quantitative estimate of drug-likeness (QED) is 0.472. The van der Waals surface area contributed by atoms with Crippen LogP contribution in [0.4, 0.5) is 5.69 Å². The van der Waals surface area contributed by atoms with Gasteiger partial charge in [-0.05, 0) is 26.0 Å². The van der Waals surface area contributed by atoms with E-state index in [4.69, 9.17) is 0 Å². The molecule has 6 heteroatoms. The van der Waals surface area contributed by atoms with E-state index in [1.54, 1.807) is 18.5 Å². The van der Waals surface area contributed by atoms with Gasteiger partial charge in [0.1, 0.15) is 11.4 Å². The smallest absolute Gasteiger partial charge is 0.262 e. The molecule has 0 saturated carbocycles. The Balaban J connectivity index is 2.98. The molecule has 1 heterocycles. The Labute approximate surface area is 87.7 Å². The number of aromatic nitrogens is 2. The summed E-state index contributed by atoms with van der Waals surface area (Å²) >= 11 is 4.08. The first kappa shape index (κ1) is 11.0. The van der Waals surface area contributed by atoms with Crippen molar-refractivity contribution in [1.82, 2.24) is 9.78 Å². The van der Waals surface area contributed by atoms with Crippen LogP contribution in [0.25, 0.3) is 0 Å². The summed E-state index contributed by atoms with van der Waals surface area (Å²) in [5.74, 6) is 0.756. The Bertz CT molecular complexity index is 349. The fourth-order valence-corrected chi connectivity index (χ4v) is 1.53. The SMILES string of the molecule is Cc1nn(CCCS)c(C)c1[N+](=O)[O-]. The first-order valence-corrected chi connectivity index (χ1v) is 5.00. The summed E-state index contributed by atoms with van der Waals surface area (Å²) in [4.78, 5) is 10.3. The molecule has 0 spiro atoms. The van der Waals surface area contributed by atoms with Gasteiger partial charge in [-0.2, -0.15) is 17.7 Å². The highest BCUT2D eigenvalue weighted by molar-refractivity contribution is 7.80. The molecule has 0 N–H and O–H groups in total. The Morgan fingerprint density at radius 3 is 2.64 bits per heavy atom. The fraction of sp³-hybridized carbons (Fsp3) is 0.625. The van der Waals surface area contributed by atoms with Crippen molar-refractivity contribution in [3.63, 3.8) is 0 Å². The number of hydrogen-bond acceptors (Lipinski definition) is 4.